The second-order valence-corrected chi connectivity index (χ2v) is 10.0. The van der Waals surface area contributed by atoms with Crippen LogP contribution in [0.1, 0.15) is 33.4 Å². The molecule has 34 heavy (non-hydrogen) atoms. The summed E-state index contributed by atoms with van der Waals surface area (Å²) < 4.78 is 44.7. The molecule has 0 aromatic carbocycles. The number of hydrogen-bond donors (Lipinski definition) is 1. The number of rotatable bonds is 4. The zero-order chi connectivity index (χ0) is 24.4. The molecule has 3 aromatic rings. The molecule has 7 nitrogen and oxygen atoms in total. The highest BCUT2D eigenvalue weighted by atomic mass is 19.3. The van der Waals surface area contributed by atoms with Crippen LogP contribution in [0.5, 0.6) is 0 Å². The Morgan fingerprint density at radius 1 is 1.24 bits per heavy atom. The highest BCUT2D eigenvalue weighted by Crippen LogP contribution is 2.41. The largest absolute Gasteiger partial charge is 0.343 e. The quantitative estimate of drug-likeness (QED) is 0.602. The minimum absolute atomic E-state index is 0.0185. The molecule has 1 saturated heterocycles. The topological polar surface area (TPSA) is 70.7 Å². The second-order valence-electron chi connectivity index (χ2n) is 10.0. The fourth-order valence-electron chi connectivity index (χ4n) is 4.81. The number of pyridine rings is 1. The molecule has 0 saturated carbocycles. The average molecular weight is 472 g/mol. The molecule has 0 radical (unpaired) electrons. The summed E-state index contributed by atoms with van der Waals surface area (Å²) in [6.07, 6.45) is 3.37. The predicted octanol–water partition coefficient (Wildman–Crippen LogP) is 4.60. The summed E-state index contributed by atoms with van der Waals surface area (Å²) in [5, 5.41) is 6.93. The summed E-state index contributed by atoms with van der Waals surface area (Å²) in [6, 6.07) is 2.49. The smallest absolute Gasteiger partial charge is 0.281 e. The molecule has 5 heterocycles. The van der Waals surface area contributed by atoms with E-state index in [4.69, 9.17) is 9.98 Å². The van der Waals surface area contributed by atoms with Gasteiger partial charge in [-0.3, -0.25) is 14.9 Å². The lowest BCUT2D eigenvalue weighted by atomic mass is 9.70. The van der Waals surface area contributed by atoms with Gasteiger partial charge in [0.05, 0.1) is 47.1 Å². The molecule has 0 amide bonds. The van der Waals surface area contributed by atoms with E-state index < -0.39 is 17.8 Å². The first-order chi connectivity index (χ1) is 16.0. The molecule has 1 fully saturated rings. The van der Waals surface area contributed by atoms with Crippen LogP contribution in [0.3, 0.4) is 0 Å². The summed E-state index contributed by atoms with van der Waals surface area (Å²) in [5.74, 6) is -3.02. The molecule has 5 rings (SSSR count). The Kier molecular flexibility index (Phi) is 5.20. The number of likely N-dealkylation sites (N-methyl/N-ethyl adjacent to an activating group) is 1. The fraction of sp³-hybridized carbons (Fsp3) is 0.500. The van der Waals surface area contributed by atoms with Crippen LogP contribution < -0.4 is 5.32 Å². The lowest BCUT2D eigenvalue weighted by molar-refractivity contribution is 0.00584. The molecule has 3 aromatic heterocycles. The highest BCUT2D eigenvalue weighted by molar-refractivity contribution is 5.92. The van der Waals surface area contributed by atoms with Crippen molar-refractivity contribution >= 4 is 22.9 Å². The lowest BCUT2D eigenvalue weighted by Crippen LogP contribution is -2.38. The SMILES string of the molecule is CC1=Nc2ccc(-c3c(F)cn4nc(N[C@@H]5CN(C)CC5(F)F)ncc34)nc2C[C@@]1(C)C(C)C. The van der Waals surface area contributed by atoms with Crippen molar-refractivity contribution < 1.29 is 13.2 Å². The van der Waals surface area contributed by atoms with Gasteiger partial charge in [0.1, 0.15) is 6.04 Å². The molecule has 2 atom stereocenters. The maximum Gasteiger partial charge on any atom is 0.281 e. The zero-order valence-electron chi connectivity index (χ0n) is 19.9. The molecule has 0 bridgehead atoms. The van der Waals surface area contributed by atoms with Crippen molar-refractivity contribution in [3.05, 3.63) is 36.0 Å². The molecular weight excluding hydrogens is 443 g/mol. The van der Waals surface area contributed by atoms with E-state index >= 15 is 4.39 Å². The van der Waals surface area contributed by atoms with Gasteiger partial charge in [0.2, 0.25) is 5.95 Å². The van der Waals surface area contributed by atoms with Gasteiger partial charge in [0.15, 0.2) is 5.82 Å². The van der Waals surface area contributed by atoms with E-state index in [-0.39, 0.29) is 30.0 Å². The minimum Gasteiger partial charge on any atom is -0.343 e. The summed E-state index contributed by atoms with van der Waals surface area (Å²) in [7, 11) is 1.63. The first-order valence-electron chi connectivity index (χ1n) is 11.4. The van der Waals surface area contributed by atoms with Crippen LogP contribution in [-0.4, -0.2) is 62.3 Å². The Balaban J connectivity index is 1.49. The summed E-state index contributed by atoms with van der Waals surface area (Å²) in [4.78, 5) is 15.3. The Labute approximate surface area is 196 Å². The lowest BCUT2D eigenvalue weighted by Gasteiger charge is -2.37. The van der Waals surface area contributed by atoms with Gasteiger partial charge in [-0.1, -0.05) is 20.8 Å². The summed E-state index contributed by atoms with van der Waals surface area (Å²) in [5.41, 5.74) is 3.72. The van der Waals surface area contributed by atoms with Crippen LogP contribution >= 0.6 is 0 Å². The summed E-state index contributed by atoms with van der Waals surface area (Å²) in [6.45, 7) is 8.37. The summed E-state index contributed by atoms with van der Waals surface area (Å²) >= 11 is 0. The van der Waals surface area contributed by atoms with Gasteiger partial charge < -0.3 is 5.32 Å². The molecule has 180 valence electrons. The predicted molar refractivity (Wildman–Crippen MR) is 125 cm³/mol. The van der Waals surface area contributed by atoms with Crippen LogP contribution in [0.2, 0.25) is 0 Å². The van der Waals surface area contributed by atoms with Gasteiger partial charge in [-0.05, 0) is 32.0 Å². The maximum atomic E-state index is 15.1. The van der Waals surface area contributed by atoms with Crippen LogP contribution in [0, 0.1) is 17.2 Å². The standard InChI is InChI=1S/C24H28F3N7/c1-13(2)23(4)8-18-16(29-14(23)3)6-7-17(30-18)21-15(25)10-34-19(21)9-28-22(32-34)31-20-11-33(5)12-24(20,26)27/h6-7,9-10,13,20H,8,11-12H2,1-5H3,(H,31,32)/t20-,23+/m1/s1. The maximum absolute atomic E-state index is 15.1. The van der Waals surface area contributed by atoms with Crippen molar-refractivity contribution in [2.75, 3.05) is 25.5 Å². The van der Waals surface area contributed by atoms with E-state index in [9.17, 15) is 8.78 Å². The third-order valence-corrected chi connectivity index (χ3v) is 7.41. The highest BCUT2D eigenvalue weighted by Gasteiger charge is 2.47. The number of nitrogens with zero attached hydrogens (tertiary/aromatic N) is 6. The van der Waals surface area contributed by atoms with E-state index in [0.29, 0.717) is 23.5 Å². The van der Waals surface area contributed by atoms with Crippen LogP contribution in [-0.2, 0) is 6.42 Å². The van der Waals surface area contributed by atoms with E-state index in [1.54, 1.807) is 18.0 Å². The fourth-order valence-corrected chi connectivity index (χ4v) is 4.81. The monoisotopic (exact) mass is 471 g/mol. The molecule has 1 N–H and O–H groups in total. The third-order valence-electron chi connectivity index (χ3n) is 7.41. The Morgan fingerprint density at radius 2 is 2.00 bits per heavy atom. The molecule has 2 aliphatic rings. The number of hydrogen-bond acceptors (Lipinski definition) is 6. The van der Waals surface area contributed by atoms with E-state index in [1.165, 1.54) is 16.9 Å². The van der Waals surface area contributed by atoms with Gasteiger partial charge in [0, 0.05) is 24.1 Å². The first kappa shape index (κ1) is 22.8. The number of likely N-dealkylation sites (tertiary alicyclic amines) is 1. The van der Waals surface area contributed by atoms with Gasteiger partial charge >= 0.3 is 0 Å². The Bertz CT molecular complexity index is 1300. The normalized spacial score (nSPS) is 24.5. The van der Waals surface area contributed by atoms with Crippen LogP contribution in [0.4, 0.5) is 24.8 Å². The minimum atomic E-state index is -2.90. The van der Waals surface area contributed by atoms with Gasteiger partial charge in [-0.2, -0.15) is 0 Å². The number of nitrogens with one attached hydrogen (secondary N) is 1. The van der Waals surface area contributed by atoms with Crippen molar-refractivity contribution in [1.82, 2.24) is 24.5 Å². The first-order valence-corrected chi connectivity index (χ1v) is 11.4. The number of fused-ring (bicyclic) bond motifs is 2. The van der Waals surface area contributed by atoms with Gasteiger partial charge in [-0.15, -0.1) is 5.10 Å². The van der Waals surface area contributed by atoms with Crippen LogP contribution in [0.15, 0.2) is 29.5 Å². The van der Waals surface area contributed by atoms with Crippen molar-refractivity contribution in [2.24, 2.45) is 16.3 Å². The van der Waals surface area contributed by atoms with Crippen LogP contribution in [0.25, 0.3) is 16.8 Å². The molecule has 0 aliphatic carbocycles. The van der Waals surface area contributed by atoms with E-state index in [2.05, 4.69) is 36.2 Å². The van der Waals surface area contributed by atoms with Crippen molar-refractivity contribution in [1.29, 1.82) is 0 Å². The van der Waals surface area contributed by atoms with Gasteiger partial charge in [-0.25, -0.2) is 22.7 Å². The average Bonchev–Trinajstić information content (AvgIpc) is 3.21. The van der Waals surface area contributed by atoms with Gasteiger partial charge in [0.25, 0.3) is 5.92 Å². The number of aliphatic imine (C=N–C) groups is 1. The van der Waals surface area contributed by atoms with E-state index in [1.807, 2.05) is 13.0 Å². The van der Waals surface area contributed by atoms with Crippen molar-refractivity contribution in [3.63, 3.8) is 0 Å². The molecule has 2 aliphatic heterocycles. The van der Waals surface area contributed by atoms with Crippen molar-refractivity contribution in [2.45, 2.75) is 46.1 Å². The zero-order valence-corrected chi connectivity index (χ0v) is 19.9. The van der Waals surface area contributed by atoms with Crippen molar-refractivity contribution in [3.8, 4) is 11.3 Å². The number of alkyl halides is 2. The molecule has 0 spiro atoms. The number of halogens is 3. The third kappa shape index (κ3) is 3.64. The number of aromatic nitrogens is 4. The Morgan fingerprint density at radius 3 is 2.68 bits per heavy atom. The molecule has 0 unspecified atom stereocenters. The Hall–Kier alpha value is -3.01. The second kappa shape index (κ2) is 7.76. The molecule has 10 heteroatoms. The molecular formula is C24H28F3N7. The van der Waals surface area contributed by atoms with E-state index in [0.717, 1.165) is 17.1 Å². The number of anilines is 1.